The van der Waals surface area contributed by atoms with Crippen LogP contribution in [0, 0.1) is 11.7 Å². The molecule has 0 atom stereocenters. The summed E-state index contributed by atoms with van der Waals surface area (Å²) in [5.74, 6) is 0.175. The van der Waals surface area contributed by atoms with Gasteiger partial charge in [-0.05, 0) is 66.0 Å². The second kappa shape index (κ2) is 7.18. The minimum atomic E-state index is -0.400. The summed E-state index contributed by atoms with van der Waals surface area (Å²) in [6, 6.07) is 4.13. The number of amides is 1. The van der Waals surface area contributed by atoms with Crippen molar-refractivity contribution in [2.45, 2.75) is 19.8 Å². The van der Waals surface area contributed by atoms with Gasteiger partial charge in [0.25, 0.3) is 5.91 Å². The maximum atomic E-state index is 13.1. The number of piperidine rings is 1. The van der Waals surface area contributed by atoms with Crippen LogP contribution >= 0.6 is 15.9 Å². The molecule has 0 aliphatic carbocycles. The van der Waals surface area contributed by atoms with E-state index < -0.39 is 5.82 Å². The molecule has 20 heavy (non-hydrogen) atoms. The quantitative estimate of drug-likeness (QED) is 0.911. The number of rotatable bonds is 4. The lowest BCUT2D eigenvalue weighted by Gasteiger charge is -2.30. The zero-order valence-corrected chi connectivity index (χ0v) is 13.2. The summed E-state index contributed by atoms with van der Waals surface area (Å²) in [4.78, 5) is 14.3. The van der Waals surface area contributed by atoms with Crippen molar-refractivity contribution < 1.29 is 9.18 Å². The lowest BCUT2D eigenvalue weighted by atomic mass is 9.99. The zero-order valence-electron chi connectivity index (χ0n) is 11.7. The van der Waals surface area contributed by atoms with Gasteiger partial charge in [0.15, 0.2) is 0 Å². The molecule has 0 saturated carbocycles. The van der Waals surface area contributed by atoms with Gasteiger partial charge in [-0.25, -0.2) is 4.39 Å². The lowest BCUT2D eigenvalue weighted by Crippen LogP contribution is -2.39. The Morgan fingerprint density at radius 3 is 2.85 bits per heavy atom. The number of nitrogens with zero attached hydrogens (tertiary/aromatic N) is 1. The van der Waals surface area contributed by atoms with E-state index in [9.17, 15) is 9.18 Å². The van der Waals surface area contributed by atoms with Gasteiger partial charge >= 0.3 is 0 Å². The monoisotopic (exact) mass is 342 g/mol. The molecule has 0 spiro atoms. The van der Waals surface area contributed by atoms with Crippen LogP contribution in [0.25, 0.3) is 0 Å². The molecule has 1 aromatic rings. The molecule has 1 aliphatic heterocycles. The highest BCUT2D eigenvalue weighted by atomic mass is 79.9. The Balaban J connectivity index is 1.79. The molecule has 1 aromatic carbocycles. The van der Waals surface area contributed by atoms with Crippen molar-refractivity contribution in [3.63, 3.8) is 0 Å². The van der Waals surface area contributed by atoms with Crippen LogP contribution < -0.4 is 5.32 Å². The molecular formula is C15H20BrFN2O. The summed E-state index contributed by atoms with van der Waals surface area (Å²) >= 11 is 3.27. The van der Waals surface area contributed by atoms with E-state index in [4.69, 9.17) is 0 Å². The number of hydrogen-bond acceptors (Lipinski definition) is 2. The topological polar surface area (TPSA) is 32.3 Å². The molecule has 0 aromatic heterocycles. The summed E-state index contributed by atoms with van der Waals surface area (Å²) in [6.07, 6.45) is 2.45. The molecule has 110 valence electrons. The van der Waals surface area contributed by atoms with Gasteiger partial charge in [0, 0.05) is 17.6 Å². The fourth-order valence-electron chi connectivity index (χ4n) is 2.38. The maximum absolute atomic E-state index is 13.1. The normalized spacial score (nSPS) is 17.1. The van der Waals surface area contributed by atoms with E-state index in [1.54, 1.807) is 6.07 Å². The van der Waals surface area contributed by atoms with Crippen molar-refractivity contribution in [2.75, 3.05) is 26.2 Å². The lowest BCUT2D eigenvalue weighted by molar-refractivity contribution is 0.0943. The summed E-state index contributed by atoms with van der Waals surface area (Å²) in [7, 11) is 0. The minimum absolute atomic E-state index is 0.234. The molecule has 0 bridgehead atoms. The number of benzene rings is 1. The number of hydrogen-bond donors (Lipinski definition) is 1. The Labute approximate surface area is 127 Å². The zero-order chi connectivity index (χ0) is 14.5. The van der Waals surface area contributed by atoms with Gasteiger partial charge < -0.3 is 10.2 Å². The number of halogens is 2. The van der Waals surface area contributed by atoms with Crippen molar-refractivity contribution in [3.05, 3.63) is 34.1 Å². The second-order valence-corrected chi connectivity index (χ2v) is 6.26. The van der Waals surface area contributed by atoms with Crippen LogP contribution in [0.2, 0.25) is 0 Å². The summed E-state index contributed by atoms with van der Waals surface area (Å²) in [5.41, 5.74) is 0.345. The summed E-state index contributed by atoms with van der Waals surface area (Å²) < 4.78 is 13.8. The first-order chi connectivity index (χ1) is 9.56. The number of nitrogens with one attached hydrogen (secondary N) is 1. The van der Waals surface area contributed by atoms with Crippen molar-refractivity contribution >= 4 is 21.8 Å². The SMILES string of the molecule is CC1CCN(CCNC(=O)c2cc(F)ccc2Br)CC1. The Morgan fingerprint density at radius 1 is 1.45 bits per heavy atom. The molecular weight excluding hydrogens is 323 g/mol. The van der Waals surface area contributed by atoms with E-state index in [1.165, 1.54) is 25.0 Å². The molecule has 3 nitrogen and oxygen atoms in total. The van der Waals surface area contributed by atoms with Gasteiger partial charge in [-0.15, -0.1) is 0 Å². The molecule has 2 rings (SSSR count). The van der Waals surface area contributed by atoms with Crippen LogP contribution in [-0.2, 0) is 0 Å². The van der Waals surface area contributed by atoms with Crippen LogP contribution in [0.4, 0.5) is 4.39 Å². The predicted molar refractivity (Wildman–Crippen MR) is 81.3 cm³/mol. The molecule has 1 saturated heterocycles. The van der Waals surface area contributed by atoms with E-state index in [1.807, 2.05) is 0 Å². The largest absolute Gasteiger partial charge is 0.351 e. The number of likely N-dealkylation sites (tertiary alicyclic amines) is 1. The molecule has 1 amide bonds. The Kier molecular flexibility index (Phi) is 5.54. The molecule has 1 N–H and O–H groups in total. The first kappa shape index (κ1) is 15.4. The Morgan fingerprint density at radius 2 is 2.15 bits per heavy atom. The van der Waals surface area contributed by atoms with Crippen molar-refractivity contribution in [2.24, 2.45) is 5.92 Å². The third kappa shape index (κ3) is 4.28. The van der Waals surface area contributed by atoms with E-state index in [2.05, 4.69) is 33.1 Å². The van der Waals surface area contributed by atoms with Gasteiger partial charge in [0.05, 0.1) is 5.56 Å². The maximum Gasteiger partial charge on any atom is 0.252 e. The second-order valence-electron chi connectivity index (χ2n) is 5.40. The van der Waals surface area contributed by atoms with Crippen LogP contribution in [0.1, 0.15) is 30.1 Å². The summed E-state index contributed by atoms with van der Waals surface area (Å²) in [6.45, 7) is 5.92. The number of carbonyl (C=O) groups excluding carboxylic acids is 1. The van der Waals surface area contributed by atoms with Crippen LogP contribution in [0.3, 0.4) is 0 Å². The fraction of sp³-hybridized carbons (Fsp3) is 0.533. The van der Waals surface area contributed by atoms with Crippen molar-refractivity contribution in [1.82, 2.24) is 10.2 Å². The smallest absolute Gasteiger partial charge is 0.252 e. The van der Waals surface area contributed by atoms with Crippen LogP contribution in [0.15, 0.2) is 22.7 Å². The molecule has 0 radical (unpaired) electrons. The van der Waals surface area contributed by atoms with Crippen LogP contribution in [-0.4, -0.2) is 37.0 Å². The minimum Gasteiger partial charge on any atom is -0.351 e. The van der Waals surface area contributed by atoms with Crippen molar-refractivity contribution in [1.29, 1.82) is 0 Å². The predicted octanol–water partition coefficient (Wildman–Crippen LogP) is 3.05. The highest BCUT2D eigenvalue weighted by molar-refractivity contribution is 9.10. The highest BCUT2D eigenvalue weighted by Crippen LogP contribution is 2.18. The Hall–Kier alpha value is -0.940. The molecule has 1 fully saturated rings. The molecule has 0 unspecified atom stereocenters. The average molecular weight is 343 g/mol. The molecule has 5 heteroatoms. The standard InChI is InChI=1S/C15H20BrFN2O/c1-11-4-7-19(8-5-11)9-6-18-15(20)13-10-12(17)2-3-14(13)16/h2-3,10-11H,4-9H2,1H3,(H,18,20). The molecule has 1 aliphatic rings. The van der Waals surface area contributed by atoms with Gasteiger partial charge in [-0.2, -0.15) is 0 Å². The van der Waals surface area contributed by atoms with Gasteiger partial charge in [-0.1, -0.05) is 6.92 Å². The fourth-order valence-corrected chi connectivity index (χ4v) is 2.81. The van der Waals surface area contributed by atoms with E-state index in [0.29, 0.717) is 16.6 Å². The Bertz CT molecular complexity index is 473. The molecule has 1 heterocycles. The first-order valence-electron chi connectivity index (χ1n) is 7.02. The van der Waals surface area contributed by atoms with E-state index in [0.717, 1.165) is 25.6 Å². The van der Waals surface area contributed by atoms with Gasteiger partial charge in [0.1, 0.15) is 5.82 Å². The third-order valence-corrected chi connectivity index (χ3v) is 4.45. The highest BCUT2D eigenvalue weighted by Gasteiger charge is 2.16. The van der Waals surface area contributed by atoms with E-state index in [-0.39, 0.29) is 5.91 Å². The van der Waals surface area contributed by atoms with E-state index >= 15 is 0 Å². The average Bonchev–Trinajstić information content (AvgIpc) is 2.43. The van der Waals surface area contributed by atoms with Crippen LogP contribution in [0.5, 0.6) is 0 Å². The van der Waals surface area contributed by atoms with Gasteiger partial charge in [0.2, 0.25) is 0 Å². The van der Waals surface area contributed by atoms with Crippen molar-refractivity contribution in [3.8, 4) is 0 Å². The number of carbonyl (C=O) groups is 1. The first-order valence-corrected chi connectivity index (χ1v) is 7.81. The summed E-state index contributed by atoms with van der Waals surface area (Å²) in [5, 5.41) is 2.85. The van der Waals surface area contributed by atoms with Gasteiger partial charge in [-0.3, -0.25) is 4.79 Å². The third-order valence-electron chi connectivity index (χ3n) is 3.76.